The average Bonchev–Trinajstić information content (AvgIpc) is 3.35. The number of benzene rings is 3. The number of halogens is 1. The summed E-state index contributed by atoms with van der Waals surface area (Å²) in [7, 11) is 0. The molecular formula is C25H21ClN4O. The third-order valence-electron chi connectivity index (χ3n) is 5.70. The first-order valence-corrected chi connectivity index (χ1v) is 10.7. The van der Waals surface area contributed by atoms with E-state index in [0.717, 1.165) is 37.1 Å². The predicted molar refractivity (Wildman–Crippen MR) is 125 cm³/mol. The Balaban J connectivity index is 1.65. The first-order valence-electron chi connectivity index (χ1n) is 10.3. The molecule has 1 aliphatic rings. The quantitative estimate of drug-likeness (QED) is 0.363. The zero-order chi connectivity index (χ0) is 21.4. The van der Waals surface area contributed by atoms with Crippen LogP contribution in [0, 0.1) is 5.41 Å². The van der Waals surface area contributed by atoms with Crippen molar-refractivity contribution in [3.63, 3.8) is 0 Å². The molecule has 0 spiro atoms. The van der Waals surface area contributed by atoms with Crippen LogP contribution >= 0.6 is 11.6 Å². The second kappa shape index (κ2) is 8.00. The zero-order valence-electron chi connectivity index (χ0n) is 16.9. The standard InChI is InChI=1S/C25H21ClN4O/c26-19-11-13-20(14-12-19)30-24(28-22-6-2-1-5-21(22)25(30)31)18-9-7-17(8-10-18)23(27)29-15-3-4-16-29/h1-2,5-14,27H,3-4,15-16H2. The summed E-state index contributed by atoms with van der Waals surface area (Å²) >= 11 is 6.06. The Labute approximate surface area is 185 Å². The van der Waals surface area contributed by atoms with E-state index in [1.165, 1.54) is 0 Å². The van der Waals surface area contributed by atoms with Gasteiger partial charge in [-0.3, -0.25) is 14.8 Å². The Morgan fingerprint density at radius 2 is 1.58 bits per heavy atom. The maximum Gasteiger partial charge on any atom is 0.266 e. The Morgan fingerprint density at radius 3 is 2.29 bits per heavy atom. The van der Waals surface area contributed by atoms with Gasteiger partial charge >= 0.3 is 0 Å². The summed E-state index contributed by atoms with van der Waals surface area (Å²) < 4.78 is 1.62. The number of aromatic nitrogens is 2. The predicted octanol–water partition coefficient (Wildman–Crippen LogP) is 5.13. The number of hydrogen-bond donors (Lipinski definition) is 1. The lowest BCUT2D eigenvalue weighted by Crippen LogP contribution is -2.27. The molecule has 6 heteroatoms. The van der Waals surface area contributed by atoms with Crippen LogP contribution in [0.5, 0.6) is 0 Å². The fourth-order valence-corrected chi connectivity index (χ4v) is 4.18. The third-order valence-corrected chi connectivity index (χ3v) is 5.95. The molecule has 0 radical (unpaired) electrons. The van der Waals surface area contributed by atoms with Crippen molar-refractivity contribution in [3.05, 3.63) is 93.7 Å². The highest BCUT2D eigenvalue weighted by Gasteiger charge is 2.18. The van der Waals surface area contributed by atoms with E-state index in [9.17, 15) is 4.79 Å². The van der Waals surface area contributed by atoms with E-state index >= 15 is 0 Å². The summed E-state index contributed by atoms with van der Waals surface area (Å²) in [5.41, 5.74) is 2.91. The molecule has 31 heavy (non-hydrogen) atoms. The van der Waals surface area contributed by atoms with Crippen molar-refractivity contribution in [2.45, 2.75) is 12.8 Å². The van der Waals surface area contributed by atoms with E-state index in [2.05, 4.69) is 4.90 Å². The second-order valence-electron chi connectivity index (χ2n) is 7.69. The molecule has 1 N–H and O–H groups in total. The van der Waals surface area contributed by atoms with Crippen molar-refractivity contribution in [1.29, 1.82) is 5.41 Å². The summed E-state index contributed by atoms with van der Waals surface area (Å²) in [5, 5.41) is 9.66. The van der Waals surface area contributed by atoms with Crippen LogP contribution in [0.2, 0.25) is 5.02 Å². The normalized spacial score (nSPS) is 13.6. The van der Waals surface area contributed by atoms with Crippen LogP contribution in [-0.2, 0) is 0 Å². The minimum absolute atomic E-state index is 0.128. The highest BCUT2D eigenvalue weighted by molar-refractivity contribution is 6.30. The molecule has 5 rings (SSSR count). The molecule has 154 valence electrons. The number of para-hydroxylation sites is 1. The lowest BCUT2D eigenvalue weighted by atomic mass is 10.1. The topological polar surface area (TPSA) is 62.0 Å². The molecule has 0 amide bonds. The van der Waals surface area contributed by atoms with Crippen molar-refractivity contribution < 1.29 is 0 Å². The van der Waals surface area contributed by atoms with Crippen LogP contribution in [0.4, 0.5) is 0 Å². The Morgan fingerprint density at radius 1 is 0.903 bits per heavy atom. The average molecular weight is 429 g/mol. The number of fused-ring (bicyclic) bond motifs is 1. The van der Waals surface area contributed by atoms with Gasteiger partial charge in [0.05, 0.1) is 16.6 Å². The van der Waals surface area contributed by atoms with Gasteiger partial charge in [0, 0.05) is 29.2 Å². The van der Waals surface area contributed by atoms with E-state index in [-0.39, 0.29) is 5.56 Å². The largest absolute Gasteiger partial charge is 0.357 e. The van der Waals surface area contributed by atoms with Gasteiger partial charge in [0.2, 0.25) is 0 Å². The van der Waals surface area contributed by atoms with Crippen LogP contribution in [0.3, 0.4) is 0 Å². The molecule has 0 bridgehead atoms. The van der Waals surface area contributed by atoms with E-state index in [1.807, 2.05) is 54.6 Å². The van der Waals surface area contributed by atoms with Crippen molar-refractivity contribution in [1.82, 2.24) is 14.5 Å². The molecule has 4 aromatic rings. The number of amidine groups is 1. The number of nitrogens with one attached hydrogen (secondary N) is 1. The van der Waals surface area contributed by atoms with Crippen LogP contribution in [-0.4, -0.2) is 33.4 Å². The summed E-state index contributed by atoms with van der Waals surface area (Å²) in [4.78, 5) is 20.3. The minimum atomic E-state index is -0.128. The van der Waals surface area contributed by atoms with Gasteiger partial charge in [-0.2, -0.15) is 0 Å². The van der Waals surface area contributed by atoms with Crippen LogP contribution in [0.1, 0.15) is 18.4 Å². The molecule has 1 aliphatic heterocycles. The van der Waals surface area contributed by atoms with E-state index in [4.69, 9.17) is 22.0 Å². The molecule has 0 saturated carbocycles. The smallest absolute Gasteiger partial charge is 0.266 e. The molecule has 0 unspecified atom stereocenters. The number of rotatable bonds is 3. The van der Waals surface area contributed by atoms with Gasteiger partial charge < -0.3 is 4.90 Å². The SMILES string of the molecule is N=C(c1ccc(-c2nc3ccccc3c(=O)n2-c2ccc(Cl)cc2)cc1)N1CCCC1. The first-order chi connectivity index (χ1) is 15.1. The van der Waals surface area contributed by atoms with E-state index in [0.29, 0.717) is 33.3 Å². The molecule has 0 aliphatic carbocycles. The zero-order valence-corrected chi connectivity index (χ0v) is 17.6. The van der Waals surface area contributed by atoms with Crippen molar-refractivity contribution in [2.75, 3.05) is 13.1 Å². The van der Waals surface area contributed by atoms with Gasteiger partial charge in [0.25, 0.3) is 5.56 Å². The summed E-state index contributed by atoms with van der Waals surface area (Å²) in [6.07, 6.45) is 2.27. The second-order valence-corrected chi connectivity index (χ2v) is 8.13. The van der Waals surface area contributed by atoms with Crippen molar-refractivity contribution >= 4 is 28.3 Å². The lowest BCUT2D eigenvalue weighted by Gasteiger charge is -2.19. The monoisotopic (exact) mass is 428 g/mol. The Kier molecular flexibility index (Phi) is 5.04. The molecular weight excluding hydrogens is 408 g/mol. The summed E-state index contributed by atoms with van der Waals surface area (Å²) in [6.45, 7) is 1.87. The summed E-state index contributed by atoms with van der Waals surface area (Å²) in [5.74, 6) is 1.11. The van der Waals surface area contributed by atoms with E-state index < -0.39 is 0 Å². The number of hydrogen-bond acceptors (Lipinski definition) is 3. The number of likely N-dealkylation sites (tertiary alicyclic amines) is 1. The van der Waals surface area contributed by atoms with Crippen LogP contribution in [0.25, 0.3) is 28.0 Å². The van der Waals surface area contributed by atoms with Crippen LogP contribution in [0.15, 0.2) is 77.6 Å². The van der Waals surface area contributed by atoms with Gasteiger partial charge in [0.15, 0.2) is 0 Å². The third kappa shape index (κ3) is 3.62. The van der Waals surface area contributed by atoms with Gasteiger partial charge in [-0.05, 0) is 49.2 Å². The maximum absolute atomic E-state index is 13.4. The molecule has 1 saturated heterocycles. The molecule has 0 atom stereocenters. The fraction of sp³-hybridized carbons (Fsp3) is 0.160. The van der Waals surface area contributed by atoms with Crippen molar-refractivity contribution in [3.8, 4) is 17.1 Å². The van der Waals surface area contributed by atoms with Gasteiger partial charge in [-0.15, -0.1) is 0 Å². The van der Waals surface area contributed by atoms with Gasteiger partial charge in [-0.1, -0.05) is 48.0 Å². The van der Waals surface area contributed by atoms with Gasteiger partial charge in [0.1, 0.15) is 11.7 Å². The van der Waals surface area contributed by atoms with E-state index in [1.54, 1.807) is 22.8 Å². The Hall–Kier alpha value is -3.44. The van der Waals surface area contributed by atoms with Crippen molar-refractivity contribution in [2.24, 2.45) is 0 Å². The highest BCUT2D eigenvalue weighted by atomic mass is 35.5. The summed E-state index contributed by atoms with van der Waals surface area (Å²) in [6, 6.07) is 22.3. The molecule has 1 fully saturated rings. The fourth-order valence-electron chi connectivity index (χ4n) is 4.06. The molecule has 1 aromatic heterocycles. The molecule has 5 nitrogen and oxygen atoms in total. The lowest BCUT2D eigenvalue weighted by molar-refractivity contribution is 0.517. The minimum Gasteiger partial charge on any atom is -0.357 e. The molecule has 2 heterocycles. The number of nitrogens with zero attached hydrogens (tertiary/aromatic N) is 3. The molecule has 3 aromatic carbocycles. The maximum atomic E-state index is 13.4. The van der Waals surface area contributed by atoms with Crippen LogP contribution < -0.4 is 5.56 Å². The Bertz CT molecular complexity index is 1320. The van der Waals surface area contributed by atoms with Gasteiger partial charge in [-0.25, -0.2) is 4.98 Å². The first kappa shape index (κ1) is 19.5. The highest BCUT2D eigenvalue weighted by Crippen LogP contribution is 2.24.